The number of nitrogens with one attached hydrogen (secondary N) is 4. The Balaban J connectivity index is 1.87. The van der Waals surface area contributed by atoms with Gasteiger partial charge in [0.05, 0.1) is 12.6 Å². The first-order valence-corrected chi connectivity index (χ1v) is 6.36. The van der Waals surface area contributed by atoms with Gasteiger partial charge in [0.1, 0.15) is 13.2 Å². The zero-order valence-corrected chi connectivity index (χ0v) is 10.7. The number of hydrogen-bond donors (Lipinski definition) is 5. The number of hydrogen-bond acceptors (Lipinski definition) is 7. The Morgan fingerprint density at radius 3 is 2.65 bits per heavy atom. The predicted octanol–water partition coefficient (Wildman–Crippen LogP) is -0.541. The molecule has 8 heteroatoms. The van der Waals surface area contributed by atoms with Gasteiger partial charge in [0.15, 0.2) is 11.5 Å². The van der Waals surface area contributed by atoms with E-state index in [1.807, 2.05) is 18.2 Å². The summed E-state index contributed by atoms with van der Waals surface area (Å²) in [6, 6.07) is 5.51. The van der Waals surface area contributed by atoms with E-state index in [0.717, 1.165) is 5.56 Å². The molecule has 1 fully saturated rings. The Bertz CT molecular complexity index is 504. The van der Waals surface area contributed by atoms with Crippen molar-refractivity contribution in [2.75, 3.05) is 13.2 Å². The average Bonchev–Trinajstić information content (AvgIpc) is 2.98. The summed E-state index contributed by atoms with van der Waals surface area (Å²) in [5.74, 6) is 0.229. The Hall–Kier alpha value is -1.87. The van der Waals surface area contributed by atoms with Crippen molar-refractivity contribution in [2.45, 2.75) is 18.5 Å². The summed E-state index contributed by atoms with van der Waals surface area (Å²) in [6.07, 6.45) is -0.248. The minimum absolute atomic E-state index is 0.00628. The van der Waals surface area contributed by atoms with Gasteiger partial charge in [0.25, 0.3) is 0 Å². The van der Waals surface area contributed by atoms with Crippen LogP contribution in [-0.2, 0) is 4.79 Å². The molecule has 1 unspecified atom stereocenters. The lowest BCUT2D eigenvalue weighted by atomic mass is 9.92. The molecule has 0 amide bonds. The van der Waals surface area contributed by atoms with Gasteiger partial charge in [-0.05, 0) is 17.7 Å². The fourth-order valence-electron chi connectivity index (χ4n) is 2.37. The second kappa shape index (κ2) is 5.63. The molecule has 3 rings (SSSR count). The molecule has 1 aromatic carbocycles. The largest absolute Gasteiger partial charge is 0.486 e. The van der Waals surface area contributed by atoms with E-state index in [2.05, 4.69) is 21.9 Å². The zero-order valence-electron chi connectivity index (χ0n) is 10.7. The first kappa shape index (κ1) is 13.1. The molecule has 0 aromatic heterocycles. The van der Waals surface area contributed by atoms with Gasteiger partial charge in [-0.25, -0.2) is 10.9 Å². The first-order valence-electron chi connectivity index (χ1n) is 6.36. The highest BCUT2D eigenvalue weighted by Crippen LogP contribution is 2.34. The van der Waals surface area contributed by atoms with Crippen LogP contribution in [0.1, 0.15) is 17.9 Å². The van der Waals surface area contributed by atoms with Crippen molar-refractivity contribution in [3.8, 4) is 11.5 Å². The van der Waals surface area contributed by atoms with E-state index >= 15 is 0 Å². The van der Waals surface area contributed by atoms with E-state index in [1.54, 1.807) is 0 Å². The molecular weight excluding hydrogens is 264 g/mol. The highest BCUT2D eigenvalue weighted by molar-refractivity contribution is 5.68. The van der Waals surface area contributed by atoms with Crippen molar-refractivity contribution in [2.24, 2.45) is 0 Å². The minimum atomic E-state index is -0.861. The smallest absolute Gasteiger partial charge is 0.304 e. The molecule has 0 saturated carbocycles. The molecule has 108 valence electrons. The van der Waals surface area contributed by atoms with Crippen LogP contribution in [0, 0.1) is 0 Å². The molecule has 2 heterocycles. The van der Waals surface area contributed by atoms with Gasteiger partial charge in [-0.1, -0.05) is 6.07 Å². The average molecular weight is 280 g/mol. The van der Waals surface area contributed by atoms with Crippen LogP contribution in [0.25, 0.3) is 0 Å². The lowest BCUT2D eigenvalue weighted by Gasteiger charge is -2.24. The number of ether oxygens (including phenoxy) is 2. The van der Waals surface area contributed by atoms with Crippen LogP contribution in [0.15, 0.2) is 18.2 Å². The summed E-state index contributed by atoms with van der Waals surface area (Å²) < 4.78 is 11.0. The maximum Gasteiger partial charge on any atom is 0.304 e. The summed E-state index contributed by atoms with van der Waals surface area (Å²) in [4.78, 5) is 11.1. The summed E-state index contributed by atoms with van der Waals surface area (Å²) in [7, 11) is 0. The lowest BCUT2D eigenvalue weighted by molar-refractivity contribution is -0.137. The van der Waals surface area contributed by atoms with Crippen molar-refractivity contribution in [3.05, 3.63) is 23.8 Å². The van der Waals surface area contributed by atoms with Crippen molar-refractivity contribution in [3.63, 3.8) is 0 Å². The number of carboxylic acid groups (broad SMARTS) is 1. The highest BCUT2D eigenvalue weighted by atomic mass is 16.6. The molecule has 1 aromatic rings. The number of aliphatic carboxylic acids is 1. The number of rotatable bonds is 4. The molecule has 1 atom stereocenters. The van der Waals surface area contributed by atoms with Gasteiger partial charge in [-0.2, -0.15) is 11.1 Å². The molecule has 8 nitrogen and oxygen atoms in total. The number of carbonyl (C=O) groups is 1. The summed E-state index contributed by atoms with van der Waals surface area (Å²) in [6.45, 7) is 1.04. The number of fused-ring (bicyclic) bond motifs is 1. The number of hydrazine groups is 3. The van der Waals surface area contributed by atoms with Gasteiger partial charge >= 0.3 is 5.97 Å². The van der Waals surface area contributed by atoms with Gasteiger partial charge in [-0.15, -0.1) is 0 Å². The van der Waals surface area contributed by atoms with E-state index in [0.29, 0.717) is 24.7 Å². The molecule has 1 saturated heterocycles. The second-order valence-electron chi connectivity index (χ2n) is 4.62. The number of carboxylic acids is 1. The molecule has 5 N–H and O–H groups in total. The molecule has 0 aliphatic carbocycles. The number of benzene rings is 1. The molecule has 0 bridgehead atoms. The fourth-order valence-corrected chi connectivity index (χ4v) is 2.37. The Morgan fingerprint density at radius 1 is 1.25 bits per heavy atom. The molecule has 0 spiro atoms. The molecule has 2 aliphatic rings. The van der Waals surface area contributed by atoms with Gasteiger partial charge in [0.2, 0.25) is 0 Å². The van der Waals surface area contributed by atoms with E-state index in [4.69, 9.17) is 14.6 Å². The Labute approximate surface area is 115 Å². The normalized spacial score (nSPS) is 19.8. The third kappa shape index (κ3) is 2.68. The van der Waals surface area contributed by atoms with Gasteiger partial charge in [0, 0.05) is 5.92 Å². The van der Waals surface area contributed by atoms with Gasteiger partial charge < -0.3 is 14.6 Å². The van der Waals surface area contributed by atoms with Crippen LogP contribution >= 0.6 is 0 Å². The summed E-state index contributed by atoms with van der Waals surface area (Å²) in [5.41, 5.74) is 12.1. The van der Waals surface area contributed by atoms with Crippen LogP contribution in [0.2, 0.25) is 0 Å². The van der Waals surface area contributed by atoms with E-state index < -0.39 is 5.97 Å². The monoisotopic (exact) mass is 280 g/mol. The van der Waals surface area contributed by atoms with Crippen LogP contribution in [0.3, 0.4) is 0 Å². The van der Waals surface area contributed by atoms with Crippen molar-refractivity contribution >= 4 is 5.97 Å². The molecule has 0 radical (unpaired) electrons. The minimum Gasteiger partial charge on any atom is -0.486 e. The summed E-state index contributed by atoms with van der Waals surface area (Å²) in [5, 5.41) is 9.09. The standard InChI is InChI=1S/C12H16N4O4/c17-11(18)6-8(12-13-15-16-14-12)7-1-2-9-10(5-7)20-4-3-19-9/h1-2,5,8,12-16H,3-4,6H2,(H,17,18). The SMILES string of the molecule is O=C(O)CC(c1ccc2c(c1)OCCO2)C1NNNN1. The van der Waals surface area contributed by atoms with Gasteiger partial charge in [-0.3, -0.25) is 4.79 Å². The van der Waals surface area contributed by atoms with E-state index in [9.17, 15) is 4.79 Å². The maximum absolute atomic E-state index is 11.1. The topological polar surface area (TPSA) is 104 Å². The third-order valence-electron chi connectivity index (χ3n) is 3.31. The maximum atomic E-state index is 11.1. The third-order valence-corrected chi connectivity index (χ3v) is 3.31. The van der Waals surface area contributed by atoms with E-state index in [1.165, 1.54) is 0 Å². The quantitative estimate of drug-likeness (QED) is 0.501. The highest BCUT2D eigenvalue weighted by Gasteiger charge is 2.29. The summed E-state index contributed by atoms with van der Waals surface area (Å²) >= 11 is 0. The Kier molecular flexibility index (Phi) is 3.70. The van der Waals surface area contributed by atoms with Crippen LogP contribution < -0.4 is 31.4 Å². The molecular formula is C12H16N4O4. The first-order chi connectivity index (χ1) is 9.74. The molecule has 20 heavy (non-hydrogen) atoms. The zero-order chi connectivity index (χ0) is 13.9. The second-order valence-corrected chi connectivity index (χ2v) is 4.62. The van der Waals surface area contributed by atoms with Crippen molar-refractivity contribution in [1.29, 1.82) is 0 Å². The van der Waals surface area contributed by atoms with E-state index in [-0.39, 0.29) is 18.5 Å². The predicted molar refractivity (Wildman–Crippen MR) is 68.8 cm³/mol. The fraction of sp³-hybridized carbons (Fsp3) is 0.417. The van der Waals surface area contributed by atoms with Crippen molar-refractivity contribution < 1.29 is 19.4 Å². The molecule has 2 aliphatic heterocycles. The van der Waals surface area contributed by atoms with Crippen molar-refractivity contribution in [1.82, 2.24) is 21.9 Å². The Morgan fingerprint density at radius 2 is 1.95 bits per heavy atom. The van der Waals surface area contributed by atoms with Crippen LogP contribution in [0.4, 0.5) is 0 Å². The van der Waals surface area contributed by atoms with Crippen LogP contribution in [0.5, 0.6) is 11.5 Å². The van der Waals surface area contributed by atoms with Crippen LogP contribution in [-0.4, -0.2) is 30.5 Å². The lowest BCUT2D eigenvalue weighted by Crippen LogP contribution is -2.40.